The second-order valence-electron chi connectivity index (χ2n) is 6.28. The van der Waals surface area contributed by atoms with E-state index in [-0.39, 0.29) is 6.03 Å². The Hall–Kier alpha value is -2.57. The fraction of sp³-hybridized carbons (Fsp3) is 0.500. The number of hydrogen-bond donors (Lipinski definition) is 2. The first kappa shape index (κ1) is 17.3. The van der Waals surface area contributed by atoms with E-state index in [2.05, 4.69) is 32.9 Å². The normalized spacial score (nSPS) is 16.2. The zero-order valence-electron chi connectivity index (χ0n) is 14.7. The molecule has 2 N–H and O–H groups in total. The van der Waals surface area contributed by atoms with Crippen molar-refractivity contribution in [1.29, 1.82) is 0 Å². The van der Waals surface area contributed by atoms with Crippen molar-refractivity contribution < 1.29 is 14.1 Å². The molecule has 7 heteroatoms. The van der Waals surface area contributed by atoms with Crippen LogP contribution in [0.5, 0.6) is 5.75 Å². The van der Waals surface area contributed by atoms with Crippen molar-refractivity contribution in [3.05, 3.63) is 41.0 Å². The number of benzene rings is 1. The molecule has 1 aliphatic rings. The van der Waals surface area contributed by atoms with Crippen molar-refractivity contribution in [1.82, 2.24) is 20.8 Å². The summed E-state index contributed by atoms with van der Waals surface area (Å²) in [6.07, 6.45) is 3.81. The first-order valence-electron chi connectivity index (χ1n) is 8.63. The molecule has 0 radical (unpaired) electrons. The largest absolute Gasteiger partial charge is 0.497 e. The van der Waals surface area contributed by atoms with Crippen molar-refractivity contribution >= 4 is 6.03 Å². The molecule has 2 amide bonds. The Morgan fingerprint density at radius 2 is 2.28 bits per heavy atom. The highest BCUT2D eigenvalue weighted by Crippen LogP contribution is 2.33. The van der Waals surface area contributed by atoms with E-state index < -0.39 is 0 Å². The third-order valence-electron chi connectivity index (χ3n) is 4.49. The van der Waals surface area contributed by atoms with Gasteiger partial charge in [-0.2, -0.15) is 4.98 Å². The van der Waals surface area contributed by atoms with Crippen LogP contribution >= 0.6 is 0 Å². The zero-order chi connectivity index (χ0) is 17.6. The monoisotopic (exact) mass is 344 g/mol. The summed E-state index contributed by atoms with van der Waals surface area (Å²) in [5, 5.41) is 9.51. The van der Waals surface area contributed by atoms with Gasteiger partial charge in [0.25, 0.3) is 0 Å². The molecule has 1 aromatic carbocycles. The molecule has 1 heterocycles. The van der Waals surface area contributed by atoms with Gasteiger partial charge in [-0.05, 0) is 49.4 Å². The van der Waals surface area contributed by atoms with Crippen LogP contribution in [0.3, 0.4) is 0 Å². The lowest BCUT2D eigenvalue weighted by molar-refractivity contribution is 0.239. The van der Waals surface area contributed by atoms with Gasteiger partial charge in [0.15, 0.2) is 5.82 Å². The number of fused-ring (bicyclic) bond motifs is 1. The molecule has 1 aliphatic carbocycles. The number of nitrogens with zero attached hydrogens (tertiary/aromatic N) is 2. The Labute approximate surface area is 147 Å². The van der Waals surface area contributed by atoms with Gasteiger partial charge in [0, 0.05) is 25.4 Å². The van der Waals surface area contributed by atoms with Crippen LogP contribution in [0.25, 0.3) is 0 Å². The molecule has 0 spiro atoms. The van der Waals surface area contributed by atoms with E-state index in [9.17, 15) is 4.79 Å². The van der Waals surface area contributed by atoms with Gasteiger partial charge >= 0.3 is 6.03 Å². The quantitative estimate of drug-likeness (QED) is 0.840. The molecule has 7 nitrogen and oxygen atoms in total. The molecule has 0 saturated carbocycles. The van der Waals surface area contributed by atoms with Gasteiger partial charge in [-0.25, -0.2) is 4.79 Å². The van der Waals surface area contributed by atoms with Crippen molar-refractivity contribution in [2.24, 2.45) is 0 Å². The van der Waals surface area contributed by atoms with Crippen molar-refractivity contribution in [2.75, 3.05) is 20.2 Å². The highest BCUT2D eigenvalue weighted by atomic mass is 16.5. The second-order valence-corrected chi connectivity index (χ2v) is 6.28. The molecule has 0 bridgehead atoms. The van der Waals surface area contributed by atoms with Gasteiger partial charge < -0.3 is 19.9 Å². The molecule has 0 fully saturated rings. The number of aryl methyl sites for hydroxylation is 2. The molecular formula is C18H24N4O3. The van der Waals surface area contributed by atoms with Crippen LogP contribution in [0, 0.1) is 6.92 Å². The minimum atomic E-state index is -0.170. The predicted molar refractivity (Wildman–Crippen MR) is 92.8 cm³/mol. The number of hydrogen-bond acceptors (Lipinski definition) is 5. The van der Waals surface area contributed by atoms with Gasteiger partial charge in [0.05, 0.1) is 7.11 Å². The van der Waals surface area contributed by atoms with E-state index in [1.54, 1.807) is 14.0 Å². The van der Waals surface area contributed by atoms with Crippen LogP contribution in [0.2, 0.25) is 0 Å². The Kier molecular flexibility index (Phi) is 5.53. The maximum Gasteiger partial charge on any atom is 0.314 e. The zero-order valence-corrected chi connectivity index (χ0v) is 14.7. The molecule has 3 rings (SSSR count). The van der Waals surface area contributed by atoms with Crippen LogP contribution in [0.1, 0.15) is 41.6 Å². The number of urea groups is 1. The average molecular weight is 344 g/mol. The number of amides is 2. The van der Waals surface area contributed by atoms with Crippen molar-refractivity contribution in [3.8, 4) is 5.75 Å². The number of nitrogens with one attached hydrogen (secondary N) is 2. The molecule has 134 valence electrons. The molecule has 0 saturated heterocycles. The lowest BCUT2D eigenvalue weighted by atomic mass is 9.82. The van der Waals surface area contributed by atoms with E-state index in [1.807, 2.05) is 6.07 Å². The summed E-state index contributed by atoms with van der Waals surface area (Å²) in [7, 11) is 1.68. The van der Waals surface area contributed by atoms with E-state index in [1.165, 1.54) is 11.1 Å². The first-order chi connectivity index (χ1) is 12.2. The summed E-state index contributed by atoms with van der Waals surface area (Å²) in [4.78, 5) is 16.1. The van der Waals surface area contributed by atoms with E-state index in [4.69, 9.17) is 9.26 Å². The predicted octanol–water partition coefficient (Wildman–Crippen LogP) is 2.35. The molecule has 0 aliphatic heterocycles. The van der Waals surface area contributed by atoms with Crippen LogP contribution in [-0.2, 0) is 12.8 Å². The first-order valence-corrected chi connectivity index (χ1v) is 8.63. The lowest BCUT2D eigenvalue weighted by Crippen LogP contribution is -2.39. The van der Waals surface area contributed by atoms with E-state index in [0.29, 0.717) is 37.1 Å². The SMILES string of the molecule is COc1ccc2c(c1)CCC[C@@H]2CNC(=O)NCCc1nc(C)no1. The third kappa shape index (κ3) is 4.49. The molecule has 1 atom stereocenters. The Bertz CT molecular complexity index is 729. The van der Waals surface area contributed by atoms with Gasteiger partial charge in [-0.3, -0.25) is 0 Å². The smallest absolute Gasteiger partial charge is 0.314 e. The number of carbonyl (C=O) groups excluding carboxylic acids is 1. The van der Waals surface area contributed by atoms with Gasteiger partial charge in [-0.1, -0.05) is 11.2 Å². The summed E-state index contributed by atoms with van der Waals surface area (Å²) in [6, 6.07) is 6.05. The fourth-order valence-electron chi connectivity index (χ4n) is 3.23. The lowest BCUT2D eigenvalue weighted by Gasteiger charge is -2.26. The Balaban J connectivity index is 1.46. The van der Waals surface area contributed by atoms with E-state index in [0.717, 1.165) is 25.0 Å². The minimum Gasteiger partial charge on any atom is -0.497 e. The van der Waals surface area contributed by atoms with Crippen LogP contribution in [-0.4, -0.2) is 36.4 Å². The number of rotatable bonds is 6. The Morgan fingerprint density at radius 3 is 3.04 bits per heavy atom. The summed E-state index contributed by atoms with van der Waals surface area (Å²) >= 11 is 0. The molecule has 1 aromatic heterocycles. The fourth-order valence-corrected chi connectivity index (χ4v) is 3.23. The summed E-state index contributed by atoms with van der Waals surface area (Å²) in [5.74, 6) is 2.38. The number of methoxy groups -OCH3 is 1. The number of carbonyl (C=O) groups is 1. The summed E-state index contributed by atoms with van der Waals surface area (Å²) in [6.45, 7) is 2.86. The van der Waals surface area contributed by atoms with Gasteiger partial charge in [0.1, 0.15) is 5.75 Å². The number of aromatic nitrogens is 2. The maximum absolute atomic E-state index is 12.0. The average Bonchev–Trinajstić information content (AvgIpc) is 3.04. The summed E-state index contributed by atoms with van der Waals surface area (Å²) in [5.41, 5.74) is 2.64. The highest BCUT2D eigenvalue weighted by Gasteiger charge is 2.21. The van der Waals surface area contributed by atoms with Crippen LogP contribution < -0.4 is 15.4 Å². The van der Waals surface area contributed by atoms with Gasteiger partial charge in [0.2, 0.25) is 5.89 Å². The highest BCUT2D eigenvalue weighted by molar-refractivity contribution is 5.73. The van der Waals surface area contributed by atoms with Crippen LogP contribution in [0.4, 0.5) is 4.79 Å². The van der Waals surface area contributed by atoms with Crippen LogP contribution in [0.15, 0.2) is 22.7 Å². The molecule has 25 heavy (non-hydrogen) atoms. The van der Waals surface area contributed by atoms with Crippen molar-refractivity contribution in [3.63, 3.8) is 0 Å². The Morgan fingerprint density at radius 1 is 1.40 bits per heavy atom. The minimum absolute atomic E-state index is 0.170. The maximum atomic E-state index is 12.0. The standard InChI is InChI=1S/C18H24N4O3/c1-12-21-17(25-22-12)8-9-19-18(23)20-11-14-5-3-4-13-10-15(24-2)6-7-16(13)14/h6-7,10,14H,3-5,8-9,11H2,1-2H3,(H2,19,20,23)/t14-/m1/s1. The number of ether oxygens (including phenoxy) is 1. The second kappa shape index (κ2) is 8.00. The molecule has 0 unspecified atom stereocenters. The molecular weight excluding hydrogens is 320 g/mol. The van der Waals surface area contributed by atoms with Crippen molar-refractivity contribution in [2.45, 2.75) is 38.5 Å². The molecule has 2 aromatic rings. The summed E-state index contributed by atoms with van der Waals surface area (Å²) < 4.78 is 10.3. The third-order valence-corrected chi connectivity index (χ3v) is 4.49. The topological polar surface area (TPSA) is 89.3 Å². The van der Waals surface area contributed by atoms with E-state index >= 15 is 0 Å². The van der Waals surface area contributed by atoms with Gasteiger partial charge in [-0.15, -0.1) is 0 Å².